The van der Waals surface area contributed by atoms with Gasteiger partial charge in [0.2, 0.25) is 0 Å². The molecule has 0 N–H and O–H groups in total. The molecule has 5 nitrogen and oxygen atoms in total. The van der Waals surface area contributed by atoms with Gasteiger partial charge in [0.15, 0.2) is 15.6 Å². The molecule has 26 heavy (non-hydrogen) atoms. The van der Waals surface area contributed by atoms with Crippen LogP contribution in [0.3, 0.4) is 0 Å². The van der Waals surface area contributed by atoms with Crippen LogP contribution in [-0.4, -0.2) is 25.1 Å². The lowest BCUT2D eigenvalue weighted by atomic mass is 9.93. The minimum atomic E-state index is -4.56. The van der Waals surface area contributed by atoms with Gasteiger partial charge in [-0.3, -0.25) is 4.79 Å². The first kappa shape index (κ1) is 20.2. The number of benzene rings is 1. The molecule has 0 saturated carbocycles. The number of nitrogens with zero attached hydrogens (tertiary/aromatic N) is 1. The zero-order valence-corrected chi connectivity index (χ0v) is 15.2. The molecule has 0 bridgehead atoms. The van der Waals surface area contributed by atoms with Crippen molar-refractivity contribution < 1.29 is 30.9 Å². The van der Waals surface area contributed by atoms with Crippen molar-refractivity contribution in [1.82, 2.24) is 5.16 Å². The van der Waals surface area contributed by atoms with Crippen molar-refractivity contribution in [3.63, 3.8) is 0 Å². The Labute approximate surface area is 149 Å². The lowest BCUT2D eigenvalue weighted by Gasteiger charge is -2.12. The van der Waals surface area contributed by atoms with Gasteiger partial charge in [0.05, 0.1) is 22.6 Å². The smallest absolute Gasteiger partial charge is 0.361 e. The van der Waals surface area contributed by atoms with Gasteiger partial charge in [0.25, 0.3) is 0 Å². The molecule has 142 valence electrons. The standard InChI is InChI=1S/C17H18F3NO4S/c1-16(2,3)15-9-12(21-25-15)8-13(22)10-26(23,24)14-6-4-11(5-7-14)17(18,19)20/h4-7,9H,8,10H2,1-3H3. The number of halogens is 3. The monoisotopic (exact) mass is 389 g/mol. The molecule has 1 heterocycles. The van der Waals surface area contributed by atoms with Crippen LogP contribution in [0.15, 0.2) is 39.8 Å². The van der Waals surface area contributed by atoms with Crippen molar-refractivity contribution in [2.75, 3.05) is 5.75 Å². The Bertz CT molecular complexity index is 891. The fourth-order valence-corrected chi connectivity index (χ4v) is 3.39. The van der Waals surface area contributed by atoms with Crippen LogP contribution in [0.4, 0.5) is 13.2 Å². The van der Waals surface area contributed by atoms with Gasteiger partial charge < -0.3 is 4.52 Å². The van der Waals surface area contributed by atoms with Crippen LogP contribution in [0.1, 0.15) is 37.8 Å². The molecule has 2 aromatic rings. The van der Waals surface area contributed by atoms with Crippen molar-refractivity contribution in [2.24, 2.45) is 0 Å². The number of carbonyl (C=O) groups is 1. The van der Waals surface area contributed by atoms with E-state index >= 15 is 0 Å². The lowest BCUT2D eigenvalue weighted by molar-refractivity contribution is -0.137. The number of hydrogen-bond acceptors (Lipinski definition) is 5. The van der Waals surface area contributed by atoms with Crippen molar-refractivity contribution >= 4 is 15.6 Å². The summed E-state index contributed by atoms with van der Waals surface area (Å²) in [7, 11) is -4.04. The molecule has 0 fully saturated rings. The van der Waals surface area contributed by atoms with E-state index in [1.54, 1.807) is 6.07 Å². The molecule has 0 radical (unpaired) electrons. The van der Waals surface area contributed by atoms with Crippen LogP contribution in [0.2, 0.25) is 0 Å². The predicted octanol–water partition coefficient (Wildman–Crippen LogP) is 3.58. The quantitative estimate of drug-likeness (QED) is 0.781. The summed E-state index contributed by atoms with van der Waals surface area (Å²) < 4.78 is 67.2. The molecule has 1 aromatic carbocycles. The van der Waals surface area contributed by atoms with Crippen LogP contribution < -0.4 is 0 Å². The van der Waals surface area contributed by atoms with Gasteiger partial charge in [-0.05, 0) is 24.3 Å². The first-order chi connectivity index (χ1) is 11.8. The number of carbonyl (C=O) groups excluding carboxylic acids is 1. The maximum Gasteiger partial charge on any atom is 0.416 e. The molecular weight excluding hydrogens is 371 g/mol. The molecule has 2 rings (SSSR count). The van der Waals surface area contributed by atoms with Crippen LogP contribution >= 0.6 is 0 Å². The summed E-state index contributed by atoms with van der Waals surface area (Å²) in [6, 6.07) is 4.62. The largest absolute Gasteiger partial charge is 0.416 e. The summed E-state index contributed by atoms with van der Waals surface area (Å²) in [4.78, 5) is 11.7. The zero-order valence-electron chi connectivity index (χ0n) is 14.4. The Morgan fingerprint density at radius 1 is 1.12 bits per heavy atom. The number of Topliss-reactive ketones (excluding diaryl/α,β-unsaturated/α-hetero) is 1. The number of ketones is 1. The first-order valence-corrected chi connectivity index (χ1v) is 9.32. The van der Waals surface area contributed by atoms with Crippen molar-refractivity contribution in [3.05, 3.63) is 47.3 Å². The summed E-state index contributed by atoms with van der Waals surface area (Å²) in [5, 5.41) is 3.75. The maximum absolute atomic E-state index is 12.5. The van der Waals surface area contributed by atoms with E-state index in [1.807, 2.05) is 20.8 Å². The SMILES string of the molecule is CC(C)(C)c1cc(CC(=O)CS(=O)(=O)c2ccc(C(F)(F)F)cc2)no1. The molecule has 1 aromatic heterocycles. The van der Waals surface area contributed by atoms with Crippen LogP contribution in [0.25, 0.3) is 0 Å². The van der Waals surface area contributed by atoms with Gasteiger partial charge in [-0.15, -0.1) is 0 Å². The maximum atomic E-state index is 12.5. The third-order valence-electron chi connectivity index (χ3n) is 3.57. The summed E-state index contributed by atoms with van der Waals surface area (Å²) >= 11 is 0. The molecule has 0 spiro atoms. The van der Waals surface area contributed by atoms with Gasteiger partial charge in [0.1, 0.15) is 11.5 Å². The molecule has 0 aliphatic heterocycles. The van der Waals surface area contributed by atoms with E-state index in [0.717, 1.165) is 12.1 Å². The van der Waals surface area contributed by atoms with Gasteiger partial charge in [-0.25, -0.2) is 8.42 Å². The minimum Gasteiger partial charge on any atom is -0.361 e. The highest BCUT2D eigenvalue weighted by molar-refractivity contribution is 7.92. The van der Waals surface area contributed by atoms with Crippen molar-refractivity contribution in [2.45, 2.75) is 43.7 Å². The Balaban J connectivity index is 2.09. The van der Waals surface area contributed by atoms with Gasteiger partial charge >= 0.3 is 6.18 Å². The number of aromatic nitrogens is 1. The van der Waals surface area contributed by atoms with Crippen molar-refractivity contribution in [3.8, 4) is 0 Å². The number of sulfone groups is 1. The number of hydrogen-bond donors (Lipinski definition) is 0. The summed E-state index contributed by atoms with van der Waals surface area (Å²) in [6.45, 7) is 5.69. The molecular formula is C17H18F3NO4S. The van der Waals surface area contributed by atoms with E-state index < -0.39 is 33.1 Å². The third kappa shape index (κ3) is 4.94. The molecule has 0 amide bonds. The van der Waals surface area contributed by atoms with E-state index in [0.29, 0.717) is 23.6 Å². The molecule has 0 saturated heterocycles. The van der Waals surface area contributed by atoms with E-state index in [9.17, 15) is 26.4 Å². The topological polar surface area (TPSA) is 77.2 Å². The first-order valence-electron chi connectivity index (χ1n) is 7.67. The Morgan fingerprint density at radius 2 is 1.69 bits per heavy atom. The lowest BCUT2D eigenvalue weighted by Crippen LogP contribution is -2.18. The minimum absolute atomic E-state index is 0.237. The molecule has 0 aliphatic rings. The fraction of sp³-hybridized carbons (Fsp3) is 0.412. The molecule has 9 heteroatoms. The predicted molar refractivity (Wildman–Crippen MR) is 87.4 cm³/mol. The van der Waals surface area contributed by atoms with Crippen LogP contribution in [0, 0.1) is 0 Å². The molecule has 0 aliphatic carbocycles. The van der Waals surface area contributed by atoms with Crippen LogP contribution in [-0.2, 0) is 32.6 Å². The molecule has 0 atom stereocenters. The highest BCUT2D eigenvalue weighted by atomic mass is 32.2. The van der Waals surface area contributed by atoms with E-state index in [2.05, 4.69) is 5.16 Å². The van der Waals surface area contributed by atoms with Crippen LogP contribution in [0.5, 0.6) is 0 Å². The second kappa shape index (κ2) is 6.86. The summed E-state index contributed by atoms with van der Waals surface area (Å²) in [5.41, 5.74) is -0.955. The number of rotatable bonds is 5. The Hall–Kier alpha value is -2.16. The average Bonchev–Trinajstić information content (AvgIpc) is 2.94. The van der Waals surface area contributed by atoms with E-state index in [1.165, 1.54) is 0 Å². The Morgan fingerprint density at radius 3 is 2.15 bits per heavy atom. The fourth-order valence-electron chi connectivity index (χ4n) is 2.15. The second-order valence-electron chi connectivity index (χ2n) is 6.93. The Kier molecular flexibility index (Phi) is 5.32. The highest BCUT2D eigenvalue weighted by Crippen LogP contribution is 2.30. The van der Waals surface area contributed by atoms with E-state index in [-0.39, 0.29) is 16.7 Å². The highest BCUT2D eigenvalue weighted by Gasteiger charge is 2.31. The molecule has 0 unspecified atom stereocenters. The van der Waals surface area contributed by atoms with Crippen molar-refractivity contribution in [1.29, 1.82) is 0 Å². The second-order valence-corrected chi connectivity index (χ2v) is 8.92. The normalized spacial score (nSPS) is 13.0. The van der Waals surface area contributed by atoms with Gasteiger partial charge in [-0.2, -0.15) is 13.2 Å². The number of alkyl halides is 3. The third-order valence-corrected chi connectivity index (χ3v) is 5.26. The summed E-state index contributed by atoms with van der Waals surface area (Å²) in [6.07, 6.45) is -4.80. The van der Waals surface area contributed by atoms with E-state index in [4.69, 9.17) is 4.52 Å². The average molecular weight is 389 g/mol. The van der Waals surface area contributed by atoms with Gasteiger partial charge in [0, 0.05) is 11.5 Å². The van der Waals surface area contributed by atoms with Gasteiger partial charge in [-0.1, -0.05) is 25.9 Å². The zero-order chi connectivity index (χ0) is 19.8. The summed E-state index contributed by atoms with van der Waals surface area (Å²) in [5.74, 6) is -0.889.